The molecule has 0 radical (unpaired) electrons. The highest BCUT2D eigenvalue weighted by Gasteiger charge is 2.19. The molecule has 0 saturated carbocycles. The Kier molecular flexibility index (Phi) is 7.68. The number of halogens is 3. The second kappa shape index (κ2) is 9.75. The zero-order valence-electron chi connectivity index (χ0n) is 14.4. The maximum atomic E-state index is 12.9. The average Bonchev–Trinajstić information content (AvgIpc) is 2.63. The first-order valence-electron chi connectivity index (χ1n) is 8.50. The van der Waals surface area contributed by atoms with Gasteiger partial charge < -0.3 is 22.4 Å². The van der Waals surface area contributed by atoms with Crippen molar-refractivity contribution in [3.05, 3.63) is 53.9 Å². The molecule has 1 unspecified atom stereocenters. The van der Waals surface area contributed by atoms with E-state index in [0.29, 0.717) is 12.4 Å². The Hall–Kier alpha value is -1.83. The number of aromatic nitrogens is 2. The standard InChI is InChI=1S/C18H22F2N4O.ClH/c19-15-5-3-14(4-6-15)17(25)2-1-7-23-8-10-24(11-9-23)18-21-12-16(20)13-22-18;/h3-6,12-13,17,25H,1-2,7-11H2;1H/p-1. The Bertz CT molecular complexity index is 664. The van der Waals surface area contributed by atoms with Crippen LogP contribution < -0.4 is 17.3 Å². The van der Waals surface area contributed by atoms with Crippen molar-refractivity contribution >= 4 is 5.95 Å². The van der Waals surface area contributed by atoms with Crippen LogP contribution in [0.5, 0.6) is 0 Å². The molecule has 2 heterocycles. The number of nitrogens with zero attached hydrogens (tertiary/aromatic N) is 4. The molecule has 1 N–H and O–H groups in total. The Morgan fingerprint density at radius 2 is 1.58 bits per heavy atom. The zero-order valence-corrected chi connectivity index (χ0v) is 15.1. The maximum Gasteiger partial charge on any atom is 0.225 e. The topological polar surface area (TPSA) is 52.5 Å². The fourth-order valence-corrected chi connectivity index (χ4v) is 3.00. The van der Waals surface area contributed by atoms with Gasteiger partial charge in [0.1, 0.15) is 5.82 Å². The number of aliphatic hydroxyl groups is 1. The van der Waals surface area contributed by atoms with E-state index in [1.54, 1.807) is 12.1 Å². The number of hydrogen-bond donors (Lipinski definition) is 1. The normalized spacial score (nSPS) is 16.2. The lowest BCUT2D eigenvalue weighted by Crippen LogP contribution is -3.00. The summed E-state index contributed by atoms with van der Waals surface area (Å²) in [5, 5.41) is 10.2. The van der Waals surface area contributed by atoms with Crippen molar-refractivity contribution in [3.8, 4) is 0 Å². The van der Waals surface area contributed by atoms with Crippen molar-refractivity contribution in [2.45, 2.75) is 18.9 Å². The van der Waals surface area contributed by atoms with E-state index in [-0.39, 0.29) is 18.2 Å². The molecule has 0 spiro atoms. The molecule has 1 aliphatic rings. The molecule has 1 saturated heterocycles. The van der Waals surface area contributed by atoms with E-state index in [2.05, 4.69) is 14.9 Å². The molecule has 1 aromatic carbocycles. The Morgan fingerprint density at radius 1 is 0.962 bits per heavy atom. The summed E-state index contributed by atoms with van der Waals surface area (Å²) in [7, 11) is 0. The first kappa shape index (κ1) is 20.5. The van der Waals surface area contributed by atoms with Crippen molar-refractivity contribution in [3.63, 3.8) is 0 Å². The molecule has 142 valence electrons. The molecular weight excluding hydrogens is 362 g/mol. The van der Waals surface area contributed by atoms with Gasteiger partial charge in [0.25, 0.3) is 0 Å². The third kappa shape index (κ3) is 5.59. The monoisotopic (exact) mass is 383 g/mol. The number of benzene rings is 1. The molecule has 0 amide bonds. The van der Waals surface area contributed by atoms with Crippen LogP contribution in [0.25, 0.3) is 0 Å². The van der Waals surface area contributed by atoms with Crippen LogP contribution in [0.2, 0.25) is 0 Å². The highest BCUT2D eigenvalue weighted by Crippen LogP contribution is 2.19. The summed E-state index contributed by atoms with van der Waals surface area (Å²) in [4.78, 5) is 12.4. The third-order valence-electron chi connectivity index (χ3n) is 4.47. The molecule has 8 heteroatoms. The van der Waals surface area contributed by atoms with Crippen LogP contribution in [0.4, 0.5) is 14.7 Å². The summed E-state index contributed by atoms with van der Waals surface area (Å²) in [5.41, 5.74) is 0.750. The second-order valence-electron chi connectivity index (χ2n) is 6.24. The Morgan fingerprint density at radius 3 is 2.19 bits per heavy atom. The van der Waals surface area contributed by atoms with Crippen LogP contribution in [-0.4, -0.2) is 52.7 Å². The van der Waals surface area contributed by atoms with Crippen LogP contribution in [0, 0.1) is 11.6 Å². The fraction of sp³-hybridized carbons (Fsp3) is 0.444. The van der Waals surface area contributed by atoms with E-state index in [4.69, 9.17) is 0 Å². The minimum Gasteiger partial charge on any atom is -1.00 e. The van der Waals surface area contributed by atoms with Gasteiger partial charge in [-0.25, -0.2) is 18.7 Å². The third-order valence-corrected chi connectivity index (χ3v) is 4.47. The molecule has 1 atom stereocenters. The van der Waals surface area contributed by atoms with Crippen molar-refractivity contribution in [1.29, 1.82) is 0 Å². The van der Waals surface area contributed by atoms with Gasteiger partial charge in [0.15, 0.2) is 5.82 Å². The molecule has 26 heavy (non-hydrogen) atoms. The van der Waals surface area contributed by atoms with Crippen molar-refractivity contribution in [1.82, 2.24) is 14.9 Å². The van der Waals surface area contributed by atoms with Crippen LogP contribution in [0.1, 0.15) is 24.5 Å². The van der Waals surface area contributed by atoms with Crippen molar-refractivity contribution < 1.29 is 26.3 Å². The molecule has 3 rings (SSSR count). The first-order valence-corrected chi connectivity index (χ1v) is 8.50. The second-order valence-corrected chi connectivity index (χ2v) is 6.24. The molecule has 1 fully saturated rings. The smallest absolute Gasteiger partial charge is 0.225 e. The van der Waals surface area contributed by atoms with Gasteiger partial charge in [0, 0.05) is 26.2 Å². The fourth-order valence-electron chi connectivity index (χ4n) is 3.00. The van der Waals surface area contributed by atoms with E-state index in [0.717, 1.165) is 44.7 Å². The van der Waals surface area contributed by atoms with Crippen molar-refractivity contribution in [2.24, 2.45) is 0 Å². The van der Waals surface area contributed by atoms with Gasteiger partial charge >= 0.3 is 0 Å². The number of hydrogen-bond acceptors (Lipinski definition) is 5. The molecular formula is C18H22ClF2N4O-. The van der Waals surface area contributed by atoms with Crippen LogP contribution in [0.15, 0.2) is 36.7 Å². The SMILES string of the molecule is OC(CCCN1CCN(c2ncc(F)cn2)CC1)c1ccc(F)cc1.[Cl-]. The Balaban J connectivity index is 0.00000243. The van der Waals surface area contributed by atoms with E-state index >= 15 is 0 Å². The maximum absolute atomic E-state index is 12.9. The van der Waals surface area contributed by atoms with Gasteiger partial charge in [-0.2, -0.15) is 0 Å². The summed E-state index contributed by atoms with van der Waals surface area (Å²) < 4.78 is 25.8. The minimum absolute atomic E-state index is 0. The van der Waals surface area contributed by atoms with Gasteiger partial charge in [-0.15, -0.1) is 0 Å². The molecule has 2 aromatic rings. The summed E-state index contributed by atoms with van der Waals surface area (Å²) in [6.45, 7) is 4.26. The Labute approximate surface area is 158 Å². The lowest BCUT2D eigenvalue weighted by atomic mass is 10.0. The highest BCUT2D eigenvalue weighted by molar-refractivity contribution is 5.29. The summed E-state index contributed by atoms with van der Waals surface area (Å²) in [5.74, 6) is -0.158. The molecule has 1 aromatic heterocycles. The highest BCUT2D eigenvalue weighted by atomic mass is 35.5. The van der Waals surface area contributed by atoms with Crippen molar-refractivity contribution in [2.75, 3.05) is 37.6 Å². The van der Waals surface area contributed by atoms with E-state index in [1.807, 2.05) is 4.90 Å². The van der Waals surface area contributed by atoms with Crippen LogP contribution in [-0.2, 0) is 0 Å². The molecule has 5 nitrogen and oxygen atoms in total. The van der Waals surface area contributed by atoms with Gasteiger partial charge in [0.2, 0.25) is 5.95 Å². The van der Waals surface area contributed by atoms with Gasteiger partial charge in [-0.05, 0) is 37.1 Å². The summed E-state index contributed by atoms with van der Waals surface area (Å²) in [6.07, 6.45) is 3.32. The zero-order chi connectivity index (χ0) is 17.6. The summed E-state index contributed by atoms with van der Waals surface area (Å²) >= 11 is 0. The van der Waals surface area contributed by atoms with Gasteiger partial charge in [-0.3, -0.25) is 4.90 Å². The number of anilines is 1. The lowest BCUT2D eigenvalue weighted by molar-refractivity contribution is -0.00000831. The van der Waals surface area contributed by atoms with E-state index < -0.39 is 11.9 Å². The minimum atomic E-state index is -0.561. The van der Waals surface area contributed by atoms with E-state index in [1.165, 1.54) is 24.5 Å². The number of aliphatic hydroxyl groups excluding tert-OH is 1. The first-order chi connectivity index (χ1) is 12.1. The van der Waals surface area contributed by atoms with Gasteiger partial charge in [-0.1, -0.05) is 12.1 Å². The lowest BCUT2D eigenvalue weighted by Gasteiger charge is -2.34. The molecule has 0 bridgehead atoms. The van der Waals surface area contributed by atoms with E-state index in [9.17, 15) is 13.9 Å². The molecule has 0 aliphatic carbocycles. The average molecular weight is 384 g/mol. The summed E-state index contributed by atoms with van der Waals surface area (Å²) in [6, 6.07) is 5.99. The van der Waals surface area contributed by atoms with Gasteiger partial charge in [0.05, 0.1) is 18.5 Å². The number of piperazine rings is 1. The predicted octanol–water partition coefficient (Wildman–Crippen LogP) is -0.605. The predicted molar refractivity (Wildman–Crippen MR) is 91.2 cm³/mol. The largest absolute Gasteiger partial charge is 1.00 e. The quantitative estimate of drug-likeness (QED) is 0.721. The number of rotatable bonds is 6. The molecule has 1 aliphatic heterocycles. The van der Waals surface area contributed by atoms with Crippen LogP contribution in [0.3, 0.4) is 0 Å². The van der Waals surface area contributed by atoms with Crippen LogP contribution >= 0.6 is 0 Å².